The van der Waals surface area contributed by atoms with E-state index in [9.17, 15) is 0 Å². The number of anilines is 1. The predicted molar refractivity (Wildman–Crippen MR) is 80.5 cm³/mol. The second kappa shape index (κ2) is 7.05. The summed E-state index contributed by atoms with van der Waals surface area (Å²) < 4.78 is 5.44. The van der Waals surface area contributed by atoms with Crippen LogP contribution in [0.4, 0.5) is 5.69 Å². The molecule has 0 radical (unpaired) electrons. The second-order valence-electron chi connectivity index (χ2n) is 5.00. The van der Waals surface area contributed by atoms with Gasteiger partial charge in [0.05, 0.1) is 6.61 Å². The minimum atomic E-state index is 0.490. The first-order valence-electron chi connectivity index (χ1n) is 6.72. The highest BCUT2D eigenvalue weighted by molar-refractivity contribution is 7.98. The fraction of sp³-hybridized carbons (Fsp3) is 0.600. The van der Waals surface area contributed by atoms with Gasteiger partial charge >= 0.3 is 0 Å². The molecule has 0 aromatic heterocycles. The predicted octanol–water partition coefficient (Wildman–Crippen LogP) is 3.43. The van der Waals surface area contributed by atoms with Gasteiger partial charge in [-0.2, -0.15) is 11.8 Å². The fourth-order valence-electron chi connectivity index (χ4n) is 2.32. The van der Waals surface area contributed by atoms with E-state index in [1.807, 2.05) is 11.8 Å². The Morgan fingerprint density at radius 1 is 1.39 bits per heavy atom. The van der Waals surface area contributed by atoms with E-state index in [1.165, 1.54) is 23.4 Å². The van der Waals surface area contributed by atoms with E-state index in [0.717, 1.165) is 19.6 Å². The summed E-state index contributed by atoms with van der Waals surface area (Å²) in [6.07, 6.45) is 4.49. The molecular formula is C15H23NOS. The van der Waals surface area contributed by atoms with Crippen LogP contribution in [-0.2, 0) is 11.2 Å². The lowest BCUT2D eigenvalue weighted by molar-refractivity contribution is 0.183. The van der Waals surface area contributed by atoms with Crippen molar-refractivity contribution in [1.29, 1.82) is 0 Å². The van der Waals surface area contributed by atoms with Gasteiger partial charge in [-0.1, -0.05) is 12.1 Å². The van der Waals surface area contributed by atoms with Crippen molar-refractivity contribution in [3.05, 3.63) is 29.8 Å². The number of ether oxygens (including phenoxy) is 1. The van der Waals surface area contributed by atoms with Crippen LogP contribution in [0.25, 0.3) is 0 Å². The number of aryl methyl sites for hydroxylation is 1. The Labute approximate surface area is 114 Å². The van der Waals surface area contributed by atoms with Gasteiger partial charge in [0.1, 0.15) is 0 Å². The van der Waals surface area contributed by atoms with Crippen LogP contribution < -0.4 is 5.32 Å². The van der Waals surface area contributed by atoms with Gasteiger partial charge in [0.15, 0.2) is 0 Å². The summed E-state index contributed by atoms with van der Waals surface area (Å²) in [5.41, 5.74) is 2.65. The summed E-state index contributed by atoms with van der Waals surface area (Å²) in [4.78, 5) is 0. The van der Waals surface area contributed by atoms with E-state index < -0.39 is 0 Å². The Balaban J connectivity index is 1.85. The van der Waals surface area contributed by atoms with Crippen LogP contribution >= 0.6 is 11.8 Å². The average molecular weight is 265 g/mol. The van der Waals surface area contributed by atoms with Gasteiger partial charge in [-0.25, -0.2) is 0 Å². The zero-order valence-corrected chi connectivity index (χ0v) is 12.1. The summed E-state index contributed by atoms with van der Waals surface area (Å²) in [7, 11) is 0. The van der Waals surface area contributed by atoms with E-state index in [2.05, 4.69) is 42.8 Å². The topological polar surface area (TPSA) is 21.3 Å². The van der Waals surface area contributed by atoms with Crippen LogP contribution in [-0.4, -0.2) is 31.3 Å². The van der Waals surface area contributed by atoms with Crippen molar-refractivity contribution >= 4 is 17.4 Å². The zero-order valence-electron chi connectivity index (χ0n) is 11.3. The largest absolute Gasteiger partial charge is 0.382 e. The molecule has 1 heterocycles. The SMILES string of the molecule is CSCCc1ccc(NC(C)C2CCOC2)cc1. The van der Waals surface area contributed by atoms with Gasteiger partial charge in [-0.05, 0) is 49.5 Å². The molecule has 3 heteroatoms. The summed E-state index contributed by atoms with van der Waals surface area (Å²) >= 11 is 1.90. The summed E-state index contributed by atoms with van der Waals surface area (Å²) in [6.45, 7) is 4.07. The lowest BCUT2D eigenvalue weighted by Gasteiger charge is -2.20. The summed E-state index contributed by atoms with van der Waals surface area (Å²) in [5.74, 6) is 1.85. The maximum Gasteiger partial charge on any atom is 0.0514 e. The van der Waals surface area contributed by atoms with Crippen LogP contribution in [0.2, 0.25) is 0 Å². The van der Waals surface area contributed by atoms with Crippen LogP contribution in [0.1, 0.15) is 18.9 Å². The molecule has 2 unspecified atom stereocenters. The van der Waals surface area contributed by atoms with Gasteiger partial charge in [-0.15, -0.1) is 0 Å². The Bertz CT molecular complexity index is 346. The molecule has 1 N–H and O–H groups in total. The molecule has 2 nitrogen and oxygen atoms in total. The molecule has 18 heavy (non-hydrogen) atoms. The molecular weight excluding hydrogens is 242 g/mol. The zero-order chi connectivity index (χ0) is 12.8. The molecule has 1 aliphatic heterocycles. The second-order valence-corrected chi connectivity index (χ2v) is 5.98. The van der Waals surface area contributed by atoms with Crippen LogP contribution in [0, 0.1) is 5.92 Å². The van der Waals surface area contributed by atoms with Crippen LogP contribution in [0.15, 0.2) is 24.3 Å². The molecule has 1 aromatic carbocycles. The van der Waals surface area contributed by atoms with Crippen molar-refractivity contribution in [2.75, 3.05) is 30.5 Å². The van der Waals surface area contributed by atoms with E-state index in [4.69, 9.17) is 4.74 Å². The van der Waals surface area contributed by atoms with Crippen molar-refractivity contribution in [3.63, 3.8) is 0 Å². The maximum absolute atomic E-state index is 5.44. The molecule has 1 fully saturated rings. The molecule has 2 rings (SSSR count). The third-order valence-electron chi connectivity index (χ3n) is 3.62. The molecule has 0 saturated carbocycles. The van der Waals surface area contributed by atoms with Gasteiger partial charge in [0.25, 0.3) is 0 Å². The first-order chi connectivity index (χ1) is 8.79. The Kier molecular flexibility index (Phi) is 5.39. The van der Waals surface area contributed by atoms with Crippen LogP contribution in [0.3, 0.4) is 0 Å². The van der Waals surface area contributed by atoms with E-state index in [1.54, 1.807) is 0 Å². The number of nitrogens with one attached hydrogen (secondary N) is 1. The molecule has 0 spiro atoms. The number of benzene rings is 1. The molecule has 100 valence electrons. The van der Waals surface area contributed by atoms with Crippen molar-refractivity contribution in [3.8, 4) is 0 Å². The molecule has 2 atom stereocenters. The van der Waals surface area contributed by atoms with Crippen molar-refractivity contribution in [2.45, 2.75) is 25.8 Å². The number of hydrogen-bond acceptors (Lipinski definition) is 3. The molecule has 1 aromatic rings. The Hall–Kier alpha value is -0.670. The monoisotopic (exact) mass is 265 g/mol. The standard InChI is InChI=1S/C15H23NOS/c1-12(14-7-9-17-11-14)16-15-5-3-13(4-6-15)8-10-18-2/h3-6,12,14,16H,7-11H2,1-2H3. The molecule has 0 bridgehead atoms. The fourth-order valence-corrected chi connectivity index (χ4v) is 2.76. The van der Waals surface area contributed by atoms with E-state index >= 15 is 0 Å². The minimum absolute atomic E-state index is 0.490. The summed E-state index contributed by atoms with van der Waals surface area (Å²) in [6, 6.07) is 9.35. The first kappa shape index (κ1) is 13.8. The third kappa shape index (κ3) is 3.92. The normalized spacial score (nSPS) is 20.9. The van der Waals surface area contributed by atoms with Gasteiger partial charge in [-0.3, -0.25) is 0 Å². The van der Waals surface area contributed by atoms with E-state index in [-0.39, 0.29) is 0 Å². The van der Waals surface area contributed by atoms with Gasteiger partial charge in [0, 0.05) is 24.3 Å². The van der Waals surface area contributed by atoms with Gasteiger partial charge in [0.2, 0.25) is 0 Å². The van der Waals surface area contributed by atoms with E-state index in [0.29, 0.717) is 12.0 Å². The Morgan fingerprint density at radius 3 is 2.78 bits per heavy atom. The maximum atomic E-state index is 5.44. The summed E-state index contributed by atoms with van der Waals surface area (Å²) in [5, 5.41) is 3.58. The lowest BCUT2D eigenvalue weighted by atomic mass is 10.0. The molecule has 1 saturated heterocycles. The third-order valence-corrected chi connectivity index (χ3v) is 4.23. The minimum Gasteiger partial charge on any atom is -0.382 e. The highest BCUT2D eigenvalue weighted by Crippen LogP contribution is 2.20. The Morgan fingerprint density at radius 2 is 2.17 bits per heavy atom. The highest BCUT2D eigenvalue weighted by Gasteiger charge is 2.21. The average Bonchev–Trinajstić information content (AvgIpc) is 2.92. The van der Waals surface area contributed by atoms with Crippen molar-refractivity contribution < 1.29 is 4.74 Å². The molecule has 0 amide bonds. The quantitative estimate of drug-likeness (QED) is 0.851. The smallest absolute Gasteiger partial charge is 0.0514 e. The number of hydrogen-bond donors (Lipinski definition) is 1. The van der Waals surface area contributed by atoms with Crippen molar-refractivity contribution in [2.24, 2.45) is 5.92 Å². The number of rotatable bonds is 6. The highest BCUT2D eigenvalue weighted by atomic mass is 32.2. The molecule has 0 aliphatic carbocycles. The lowest BCUT2D eigenvalue weighted by Crippen LogP contribution is -2.26. The number of thioether (sulfide) groups is 1. The molecule has 1 aliphatic rings. The van der Waals surface area contributed by atoms with Gasteiger partial charge < -0.3 is 10.1 Å². The van der Waals surface area contributed by atoms with Crippen LogP contribution in [0.5, 0.6) is 0 Å². The first-order valence-corrected chi connectivity index (χ1v) is 8.11. The van der Waals surface area contributed by atoms with Crippen molar-refractivity contribution in [1.82, 2.24) is 0 Å².